The molecule has 1 aromatic carbocycles. The summed E-state index contributed by atoms with van der Waals surface area (Å²) < 4.78 is 28.0. The molecule has 0 bridgehead atoms. The van der Waals surface area contributed by atoms with Gasteiger partial charge in [-0.3, -0.25) is 4.79 Å². The fourth-order valence-corrected chi connectivity index (χ4v) is 4.98. The van der Waals surface area contributed by atoms with E-state index in [4.69, 9.17) is 0 Å². The number of rotatable bonds is 9. The number of piperidine rings is 1. The van der Waals surface area contributed by atoms with Gasteiger partial charge in [0.15, 0.2) is 0 Å². The molecule has 27 heavy (non-hydrogen) atoms. The molecule has 1 heterocycles. The monoisotopic (exact) mass is 435 g/mol. The highest BCUT2D eigenvalue weighted by molar-refractivity contribution is 7.98. The number of amides is 1. The van der Waals surface area contributed by atoms with E-state index in [-0.39, 0.29) is 23.2 Å². The van der Waals surface area contributed by atoms with Gasteiger partial charge in [0.25, 0.3) is 0 Å². The predicted octanol–water partition coefficient (Wildman–Crippen LogP) is 1.97. The minimum atomic E-state index is -3.72. The molecule has 9 heteroatoms. The number of benzene rings is 1. The third-order valence-corrected chi connectivity index (χ3v) is 6.71. The molecule has 2 rings (SSSR count). The number of hydrogen-bond donors (Lipinski definition) is 2. The number of hydrogen-bond acceptors (Lipinski definition) is 5. The molecule has 0 aliphatic carbocycles. The molecule has 0 spiro atoms. The first-order valence-corrected chi connectivity index (χ1v) is 11.9. The maximum Gasteiger partial charge on any atom is 0.241 e. The van der Waals surface area contributed by atoms with Gasteiger partial charge in [-0.2, -0.15) is 16.5 Å². The van der Waals surface area contributed by atoms with Crippen LogP contribution in [0.15, 0.2) is 35.2 Å². The molecule has 154 valence electrons. The van der Waals surface area contributed by atoms with Gasteiger partial charge in [-0.05, 0) is 62.9 Å². The van der Waals surface area contributed by atoms with Crippen LogP contribution in [0.3, 0.4) is 0 Å². The normalized spacial score (nSPS) is 18.6. The summed E-state index contributed by atoms with van der Waals surface area (Å²) in [6.07, 6.45) is 4.49. The SMILES string of the molecule is CNCC1CCCN(C(=O)C(CCSC)NS(=O)(=O)c2ccccc2)C1.Cl. The Kier molecular flexibility index (Phi) is 10.7. The summed E-state index contributed by atoms with van der Waals surface area (Å²) >= 11 is 1.61. The highest BCUT2D eigenvalue weighted by Gasteiger charge is 2.31. The van der Waals surface area contributed by atoms with E-state index in [9.17, 15) is 13.2 Å². The van der Waals surface area contributed by atoms with Gasteiger partial charge < -0.3 is 10.2 Å². The second-order valence-corrected chi connectivity index (χ2v) is 9.32. The Labute approximate surface area is 173 Å². The lowest BCUT2D eigenvalue weighted by Crippen LogP contribution is -2.52. The average Bonchev–Trinajstić information content (AvgIpc) is 2.66. The summed E-state index contributed by atoms with van der Waals surface area (Å²) in [5.74, 6) is 1.03. The first kappa shape index (κ1) is 24.2. The molecular formula is C18H30ClN3O3S2. The number of sulfonamides is 1. The van der Waals surface area contributed by atoms with Crippen LogP contribution in [-0.4, -0.2) is 64.0 Å². The molecule has 1 aliphatic heterocycles. The lowest BCUT2D eigenvalue weighted by Gasteiger charge is -2.35. The van der Waals surface area contributed by atoms with E-state index in [2.05, 4.69) is 10.0 Å². The Hall–Kier alpha value is -0.800. The number of carbonyl (C=O) groups is 1. The molecule has 1 amide bonds. The van der Waals surface area contributed by atoms with Gasteiger partial charge in [0.2, 0.25) is 15.9 Å². The molecule has 1 fully saturated rings. The molecule has 1 saturated heterocycles. The number of nitrogens with zero attached hydrogens (tertiary/aromatic N) is 1. The van der Waals surface area contributed by atoms with Crippen LogP contribution in [0.25, 0.3) is 0 Å². The largest absolute Gasteiger partial charge is 0.341 e. The molecule has 2 N–H and O–H groups in total. The van der Waals surface area contributed by atoms with Gasteiger partial charge in [0.1, 0.15) is 6.04 Å². The van der Waals surface area contributed by atoms with Crippen molar-refractivity contribution in [3.63, 3.8) is 0 Å². The molecule has 6 nitrogen and oxygen atoms in total. The zero-order chi connectivity index (χ0) is 19.0. The van der Waals surface area contributed by atoms with E-state index >= 15 is 0 Å². The quantitative estimate of drug-likeness (QED) is 0.620. The van der Waals surface area contributed by atoms with Crippen LogP contribution >= 0.6 is 24.2 Å². The Morgan fingerprint density at radius 3 is 2.67 bits per heavy atom. The van der Waals surface area contributed by atoms with Crippen LogP contribution in [0.1, 0.15) is 19.3 Å². The summed E-state index contributed by atoms with van der Waals surface area (Å²) in [5, 5.41) is 3.17. The van der Waals surface area contributed by atoms with Crippen molar-refractivity contribution in [2.24, 2.45) is 5.92 Å². The fourth-order valence-electron chi connectivity index (χ4n) is 3.26. The van der Waals surface area contributed by atoms with E-state index < -0.39 is 16.1 Å². The van der Waals surface area contributed by atoms with Gasteiger partial charge in [-0.15, -0.1) is 12.4 Å². The van der Waals surface area contributed by atoms with Crippen molar-refractivity contribution < 1.29 is 13.2 Å². The third kappa shape index (κ3) is 7.27. The maximum atomic E-state index is 13.0. The Morgan fingerprint density at radius 1 is 1.33 bits per heavy atom. The Bertz CT molecular complexity index is 672. The van der Waals surface area contributed by atoms with Crippen molar-refractivity contribution in [2.75, 3.05) is 38.7 Å². The van der Waals surface area contributed by atoms with Crippen LogP contribution in [0.4, 0.5) is 0 Å². The summed E-state index contributed by atoms with van der Waals surface area (Å²) in [5.41, 5.74) is 0. The van der Waals surface area contributed by atoms with Crippen molar-refractivity contribution in [1.29, 1.82) is 0 Å². The maximum absolute atomic E-state index is 13.0. The third-order valence-electron chi connectivity index (χ3n) is 4.58. The molecule has 0 aromatic heterocycles. The van der Waals surface area contributed by atoms with Crippen molar-refractivity contribution in [1.82, 2.24) is 14.9 Å². The zero-order valence-electron chi connectivity index (χ0n) is 15.9. The van der Waals surface area contributed by atoms with Crippen LogP contribution in [0, 0.1) is 5.92 Å². The second kappa shape index (κ2) is 11.9. The van der Waals surface area contributed by atoms with Gasteiger partial charge in [-0.1, -0.05) is 18.2 Å². The lowest BCUT2D eigenvalue weighted by atomic mass is 9.97. The standard InChI is InChI=1S/C18H29N3O3S2.ClH/c1-19-13-15-7-6-11-21(14-15)18(22)17(10-12-25-2)20-26(23,24)16-8-4-3-5-9-16;/h3-5,8-9,15,17,19-20H,6-7,10-14H2,1-2H3;1H. The summed E-state index contributed by atoms with van der Waals surface area (Å²) in [4.78, 5) is 15.0. The second-order valence-electron chi connectivity index (χ2n) is 6.62. The van der Waals surface area contributed by atoms with Gasteiger partial charge >= 0.3 is 0 Å². The highest BCUT2D eigenvalue weighted by atomic mass is 35.5. The Balaban J connectivity index is 0.00000364. The van der Waals surface area contributed by atoms with Crippen LogP contribution in [-0.2, 0) is 14.8 Å². The molecule has 1 aromatic rings. The first-order chi connectivity index (χ1) is 12.5. The van der Waals surface area contributed by atoms with Crippen molar-refractivity contribution in [2.45, 2.75) is 30.2 Å². The average molecular weight is 436 g/mol. The predicted molar refractivity (Wildman–Crippen MR) is 114 cm³/mol. The highest BCUT2D eigenvalue weighted by Crippen LogP contribution is 2.18. The number of halogens is 1. The Morgan fingerprint density at radius 2 is 2.04 bits per heavy atom. The van der Waals surface area contributed by atoms with E-state index in [1.807, 2.05) is 18.2 Å². The van der Waals surface area contributed by atoms with Crippen LogP contribution in [0.5, 0.6) is 0 Å². The number of nitrogens with one attached hydrogen (secondary N) is 2. The molecule has 2 unspecified atom stereocenters. The first-order valence-electron chi connectivity index (χ1n) is 8.97. The van der Waals surface area contributed by atoms with Crippen molar-refractivity contribution >= 4 is 40.1 Å². The van der Waals surface area contributed by atoms with E-state index in [0.717, 1.165) is 25.1 Å². The summed E-state index contributed by atoms with van der Waals surface area (Å²) in [6, 6.07) is 7.50. The van der Waals surface area contributed by atoms with Gasteiger partial charge in [0, 0.05) is 13.1 Å². The zero-order valence-corrected chi connectivity index (χ0v) is 18.3. The number of carbonyl (C=O) groups excluding carboxylic acids is 1. The molecule has 0 saturated carbocycles. The molecule has 0 radical (unpaired) electrons. The molecular weight excluding hydrogens is 406 g/mol. The van der Waals surface area contributed by atoms with Crippen LogP contribution < -0.4 is 10.0 Å². The van der Waals surface area contributed by atoms with E-state index in [1.54, 1.807) is 42.1 Å². The van der Waals surface area contributed by atoms with Crippen LogP contribution in [0.2, 0.25) is 0 Å². The van der Waals surface area contributed by atoms with E-state index in [0.29, 0.717) is 25.4 Å². The van der Waals surface area contributed by atoms with Crippen molar-refractivity contribution in [3.05, 3.63) is 30.3 Å². The lowest BCUT2D eigenvalue weighted by molar-refractivity contribution is -0.134. The molecule has 1 aliphatic rings. The topological polar surface area (TPSA) is 78.5 Å². The summed E-state index contributed by atoms with van der Waals surface area (Å²) in [6.45, 7) is 2.25. The molecule has 2 atom stereocenters. The fraction of sp³-hybridized carbons (Fsp3) is 0.611. The van der Waals surface area contributed by atoms with Gasteiger partial charge in [-0.25, -0.2) is 8.42 Å². The minimum Gasteiger partial charge on any atom is -0.341 e. The van der Waals surface area contributed by atoms with E-state index in [1.165, 1.54) is 0 Å². The number of thioether (sulfide) groups is 1. The minimum absolute atomic E-state index is 0. The number of likely N-dealkylation sites (tertiary alicyclic amines) is 1. The van der Waals surface area contributed by atoms with Gasteiger partial charge in [0.05, 0.1) is 4.90 Å². The smallest absolute Gasteiger partial charge is 0.241 e. The summed E-state index contributed by atoms with van der Waals surface area (Å²) in [7, 11) is -1.80. The van der Waals surface area contributed by atoms with Crippen molar-refractivity contribution in [3.8, 4) is 0 Å².